The van der Waals surface area contributed by atoms with Crippen molar-refractivity contribution in [3.05, 3.63) is 59.7 Å². The molecule has 0 atom stereocenters. The minimum atomic E-state index is -4.10. The van der Waals surface area contributed by atoms with Crippen molar-refractivity contribution in [1.29, 1.82) is 0 Å². The molecule has 3 aromatic carbocycles. The summed E-state index contributed by atoms with van der Waals surface area (Å²) in [7, 11) is -4.10. The Morgan fingerprint density at radius 3 is 2.27 bits per heavy atom. The first kappa shape index (κ1) is 15.2. The van der Waals surface area contributed by atoms with E-state index in [2.05, 4.69) is 31.2 Å². The molecule has 0 spiro atoms. The van der Waals surface area contributed by atoms with E-state index >= 15 is 0 Å². The summed E-state index contributed by atoms with van der Waals surface area (Å²) in [6, 6.07) is 16.3. The molecule has 0 fully saturated rings. The van der Waals surface area contributed by atoms with Gasteiger partial charge in [-0.25, -0.2) is 0 Å². The van der Waals surface area contributed by atoms with Crippen molar-refractivity contribution in [2.75, 3.05) is 0 Å². The van der Waals surface area contributed by atoms with E-state index < -0.39 is 7.60 Å². The predicted molar refractivity (Wildman–Crippen MR) is 91.2 cm³/mol. The summed E-state index contributed by atoms with van der Waals surface area (Å²) in [5.74, 6) is 0. The Morgan fingerprint density at radius 1 is 0.955 bits per heavy atom. The van der Waals surface area contributed by atoms with E-state index in [1.54, 1.807) is 0 Å². The molecule has 3 aromatic rings. The van der Waals surface area contributed by atoms with Crippen LogP contribution in [0.3, 0.4) is 0 Å². The minimum absolute atomic E-state index is 0.196. The van der Waals surface area contributed by atoms with E-state index in [1.807, 2.05) is 24.3 Å². The number of hydrogen-bond acceptors (Lipinski definition) is 1. The second-order valence-corrected chi connectivity index (χ2v) is 7.34. The highest BCUT2D eigenvalue weighted by Gasteiger charge is 2.19. The molecule has 0 saturated carbocycles. The first-order valence-corrected chi connectivity index (χ1v) is 9.25. The summed E-state index contributed by atoms with van der Waals surface area (Å²) in [6.45, 7) is 2.08. The van der Waals surface area contributed by atoms with Crippen LogP contribution in [0.4, 0.5) is 0 Å². The van der Waals surface area contributed by atoms with Crippen molar-refractivity contribution in [3.8, 4) is 0 Å². The van der Waals surface area contributed by atoms with Crippen molar-refractivity contribution in [2.45, 2.75) is 25.9 Å². The third-order valence-electron chi connectivity index (χ3n) is 3.98. The number of hydrogen-bond donors (Lipinski definition) is 2. The molecule has 0 heterocycles. The third kappa shape index (κ3) is 3.07. The predicted octanol–water partition coefficient (Wildman–Crippen LogP) is 4.62. The standard InChI is InChI=1S/C18H19O3P/c1-2-5-13-8-9-16-10-14-6-3-4-7-15(14)11-17(16)18(13)12-22(19,20)21/h3-4,6-11H,2,5,12H2,1H3,(H2,19,20,21). The maximum absolute atomic E-state index is 11.6. The van der Waals surface area contributed by atoms with E-state index in [4.69, 9.17) is 0 Å². The molecule has 22 heavy (non-hydrogen) atoms. The van der Waals surface area contributed by atoms with Gasteiger partial charge in [-0.05, 0) is 51.2 Å². The van der Waals surface area contributed by atoms with Gasteiger partial charge in [-0.2, -0.15) is 0 Å². The number of rotatable bonds is 4. The molecule has 0 amide bonds. The number of aryl methyl sites for hydroxylation is 1. The van der Waals surface area contributed by atoms with Crippen molar-refractivity contribution >= 4 is 29.1 Å². The Hall–Kier alpha value is -1.67. The van der Waals surface area contributed by atoms with E-state index in [0.29, 0.717) is 0 Å². The van der Waals surface area contributed by atoms with Crippen LogP contribution in [0.2, 0.25) is 0 Å². The molecule has 0 saturated heterocycles. The van der Waals surface area contributed by atoms with Gasteiger partial charge in [0.05, 0.1) is 6.16 Å². The SMILES string of the molecule is CCCc1ccc2cc3ccccc3cc2c1CP(=O)(O)O. The molecule has 0 aliphatic heterocycles. The second-order valence-electron chi connectivity index (χ2n) is 5.70. The van der Waals surface area contributed by atoms with Crippen LogP contribution in [0, 0.1) is 0 Å². The van der Waals surface area contributed by atoms with Gasteiger partial charge in [-0.15, -0.1) is 0 Å². The molecular formula is C18H19O3P. The van der Waals surface area contributed by atoms with E-state index in [-0.39, 0.29) is 6.16 Å². The lowest BCUT2D eigenvalue weighted by Crippen LogP contribution is -1.97. The van der Waals surface area contributed by atoms with E-state index in [1.165, 1.54) is 0 Å². The van der Waals surface area contributed by atoms with Crippen LogP contribution in [-0.2, 0) is 17.1 Å². The van der Waals surface area contributed by atoms with Gasteiger partial charge in [-0.1, -0.05) is 49.7 Å². The summed E-state index contributed by atoms with van der Waals surface area (Å²) in [5, 5.41) is 4.21. The van der Waals surface area contributed by atoms with E-state index in [0.717, 1.165) is 45.5 Å². The fourth-order valence-electron chi connectivity index (χ4n) is 3.02. The van der Waals surface area contributed by atoms with Gasteiger partial charge in [-0.3, -0.25) is 4.57 Å². The average molecular weight is 314 g/mol. The Kier molecular flexibility index (Phi) is 4.05. The zero-order chi connectivity index (χ0) is 15.7. The van der Waals surface area contributed by atoms with Crippen LogP contribution in [0.5, 0.6) is 0 Å². The van der Waals surface area contributed by atoms with Gasteiger partial charge in [0.1, 0.15) is 0 Å². The lowest BCUT2D eigenvalue weighted by atomic mass is 9.95. The third-order valence-corrected chi connectivity index (χ3v) is 4.71. The molecule has 2 N–H and O–H groups in total. The normalized spacial score (nSPS) is 12.1. The first-order chi connectivity index (χ1) is 10.5. The molecule has 0 aliphatic rings. The second kappa shape index (κ2) is 5.85. The van der Waals surface area contributed by atoms with Crippen LogP contribution in [0.25, 0.3) is 21.5 Å². The molecular weight excluding hydrogens is 295 g/mol. The number of fused-ring (bicyclic) bond motifs is 2. The fourth-order valence-corrected chi connectivity index (χ4v) is 3.80. The summed E-state index contributed by atoms with van der Waals surface area (Å²) in [4.78, 5) is 18.9. The van der Waals surface area contributed by atoms with Crippen LogP contribution < -0.4 is 0 Å². The fraction of sp³-hybridized carbons (Fsp3) is 0.222. The topological polar surface area (TPSA) is 57.5 Å². The molecule has 0 aromatic heterocycles. The largest absolute Gasteiger partial charge is 0.329 e. The van der Waals surface area contributed by atoms with Gasteiger partial charge in [0.25, 0.3) is 0 Å². The molecule has 0 bridgehead atoms. The van der Waals surface area contributed by atoms with E-state index in [9.17, 15) is 14.4 Å². The van der Waals surface area contributed by atoms with Gasteiger partial charge >= 0.3 is 7.60 Å². The lowest BCUT2D eigenvalue weighted by molar-refractivity contribution is 0.371. The molecule has 0 aliphatic carbocycles. The van der Waals surface area contributed by atoms with Crippen molar-refractivity contribution < 1.29 is 14.4 Å². The summed E-state index contributed by atoms with van der Waals surface area (Å²) >= 11 is 0. The molecule has 0 unspecified atom stereocenters. The maximum atomic E-state index is 11.6. The van der Waals surface area contributed by atoms with Crippen molar-refractivity contribution in [2.24, 2.45) is 0 Å². The van der Waals surface area contributed by atoms with Crippen LogP contribution in [0.1, 0.15) is 24.5 Å². The van der Waals surface area contributed by atoms with Gasteiger partial charge < -0.3 is 9.79 Å². The van der Waals surface area contributed by atoms with Gasteiger partial charge in [0.15, 0.2) is 0 Å². The maximum Gasteiger partial charge on any atom is 0.329 e. The Morgan fingerprint density at radius 2 is 1.64 bits per heavy atom. The van der Waals surface area contributed by atoms with Gasteiger partial charge in [0, 0.05) is 0 Å². The van der Waals surface area contributed by atoms with Crippen molar-refractivity contribution in [3.63, 3.8) is 0 Å². The lowest BCUT2D eigenvalue weighted by Gasteiger charge is -2.14. The zero-order valence-electron chi connectivity index (χ0n) is 12.5. The Labute approximate surface area is 129 Å². The minimum Gasteiger partial charge on any atom is -0.324 e. The highest BCUT2D eigenvalue weighted by atomic mass is 31.2. The summed E-state index contributed by atoms with van der Waals surface area (Å²) < 4.78 is 11.6. The van der Waals surface area contributed by atoms with Crippen LogP contribution in [-0.4, -0.2) is 9.79 Å². The molecule has 4 heteroatoms. The highest BCUT2D eigenvalue weighted by Crippen LogP contribution is 2.42. The Bertz CT molecular complexity index is 880. The van der Waals surface area contributed by atoms with Gasteiger partial charge in [0.2, 0.25) is 0 Å². The quantitative estimate of drug-likeness (QED) is 0.545. The smallest absolute Gasteiger partial charge is 0.324 e. The first-order valence-electron chi connectivity index (χ1n) is 7.46. The Balaban J connectivity index is 2.31. The molecule has 3 rings (SSSR count). The molecule has 0 radical (unpaired) electrons. The molecule has 3 nitrogen and oxygen atoms in total. The summed E-state index contributed by atoms with van der Waals surface area (Å²) in [6.07, 6.45) is 1.59. The van der Waals surface area contributed by atoms with Crippen molar-refractivity contribution in [1.82, 2.24) is 0 Å². The monoisotopic (exact) mass is 314 g/mol. The summed E-state index contributed by atoms with van der Waals surface area (Å²) in [5.41, 5.74) is 1.83. The molecule has 114 valence electrons. The average Bonchev–Trinajstić information content (AvgIpc) is 2.47. The number of benzene rings is 3. The van der Waals surface area contributed by atoms with Crippen LogP contribution in [0.15, 0.2) is 48.5 Å². The highest BCUT2D eigenvalue weighted by molar-refractivity contribution is 7.50. The zero-order valence-corrected chi connectivity index (χ0v) is 13.4. The van der Waals surface area contributed by atoms with Crippen LogP contribution >= 0.6 is 7.60 Å².